The number of nitrogens with zero attached hydrogens (tertiary/aromatic N) is 1. The number of hydrogen-bond donors (Lipinski definition) is 1. The third-order valence-corrected chi connectivity index (χ3v) is 3.56. The SMILES string of the molecule is CC1CCCCCN1CC(O)CBr. The second-order valence-electron chi connectivity index (χ2n) is 4.00. The van der Waals surface area contributed by atoms with Crippen molar-refractivity contribution in [3.63, 3.8) is 0 Å². The minimum Gasteiger partial charge on any atom is -0.391 e. The molecule has 1 aliphatic heterocycles. The molecule has 0 radical (unpaired) electrons. The van der Waals surface area contributed by atoms with Gasteiger partial charge >= 0.3 is 0 Å². The van der Waals surface area contributed by atoms with Crippen LogP contribution in [0.3, 0.4) is 0 Å². The molecule has 2 unspecified atom stereocenters. The first-order valence-electron chi connectivity index (χ1n) is 5.22. The van der Waals surface area contributed by atoms with E-state index in [-0.39, 0.29) is 6.10 Å². The van der Waals surface area contributed by atoms with Crippen LogP contribution in [-0.2, 0) is 0 Å². The topological polar surface area (TPSA) is 23.5 Å². The van der Waals surface area contributed by atoms with Crippen molar-refractivity contribution in [1.29, 1.82) is 0 Å². The predicted molar refractivity (Wildman–Crippen MR) is 59.3 cm³/mol. The standard InChI is InChI=1S/C10H20BrNO/c1-9-5-3-2-4-6-12(9)8-10(13)7-11/h9-10,13H,2-8H2,1H3. The van der Waals surface area contributed by atoms with Crippen LogP contribution in [0.4, 0.5) is 0 Å². The van der Waals surface area contributed by atoms with Gasteiger partial charge in [0, 0.05) is 17.9 Å². The number of aliphatic hydroxyl groups is 1. The van der Waals surface area contributed by atoms with Crippen molar-refractivity contribution in [1.82, 2.24) is 4.90 Å². The summed E-state index contributed by atoms with van der Waals surface area (Å²) in [5.41, 5.74) is 0. The van der Waals surface area contributed by atoms with Gasteiger partial charge in [-0.25, -0.2) is 0 Å². The highest BCUT2D eigenvalue weighted by Gasteiger charge is 2.18. The van der Waals surface area contributed by atoms with Crippen molar-refractivity contribution in [3.05, 3.63) is 0 Å². The maximum absolute atomic E-state index is 9.53. The van der Waals surface area contributed by atoms with E-state index >= 15 is 0 Å². The zero-order chi connectivity index (χ0) is 9.68. The normalized spacial score (nSPS) is 28.4. The molecule has 2 atom stereocenters. The van der Waals surface area contributed by atoms with Gasteiger partial charge in [-0.05, 0) is 26.3 Å². The van der Waals surface area contributed by atoms with Gasteiger partial charge in [0.2, 0.25) is 0 Å². The summed E-state index contributed by atoms with van der Waals surface area (Å²) in [7, 11) is 0. The van der Waals surface area contributed by atoms with E-state index in [9.17, 15) is 5.11 Å². The zero-order valence-corrected chi connectivity index (χ0v) is 9.96. The molecule has 1 aliphatic rings. The van der Waals surface area contributed by atoms with E-state index in [1.807, 2.05) is 0 Å². The Morgan fingerprint density at radius 1 is 1.46 bits per heavy atom. The molecule has 0 spiro atoms. The lowest BCUT2D eigenvalue weighted by Gasteiger charge is -2.28. The van der Waals surface area contributed by atoms with E-state index in [2.05, 4.69) is 27.8 Å². The molecular formula is C10H20BrNO. The van der Waals surface area contributed by atoms with Gasteiger partial charge in [0.15, 0.2) is 0 Å². The Kier molecular flexibility index (Phi) is 5.29. The number of likely N-dealkylation sites (tertiary alicyclic amines) is 1. The number of rotatable bonds is 3. The van der Waals surface area contributed by atoms with E-state index in [0.717, 1.165) is 13.1 Å². The summed E-state index contributed by atoms with van der Waals surface area (Å²) in [6.07, 6.45) is 5.07. The number of halogens is 1. The fourth-order valence-corrected chi connectivity index (χ4v) is 2.13. The van der Waals surface area contributed by atoms with E-state index < -0.39 is 0 Å². The molecule has 78 valence electrons. The average molecular weight is 250 g/mol. The fraction of sp³-hybridized carbons (Fsp3) is 1.00. The van der Waals surface area contributed by atoms with Crippen molar-refractivity contribution in [2.24, 2.45) is 0 Å². The fourth-order valence-electron chi connectivity index (χ4n) is 1.93. The summed E-state index contributed by atoms with van der Waals surface area (Å²) in [6.45, 7) is 4.25. The second kappa shape index (κ2) is 5.99. The Morgan fingerprint density at radius 3 is 2.92 bits per heavy atom. The molecule has 1 heterocycles. The van der Waals surface area contributed by atoms with Gasteiger partial charge in [0.25, 0.3) is 0 Å². The number of alkyl halides is 1. The Labute approximate surface area is 89.4 Å². The summed E-state index contributed by atoms with van der Waals surface area (Å²) in [6, 6.07) is 0.649. The molecule has 0 aromatic rings. The first-order valence-corrected chi connectivity index (χ1v) is 6.34. The van der Waals surface area contributed by atoms with Gasteiger partial charge in [-0.2, -0.15) is 0 Å². The molecule has 0 aromatic carbocycles. The molecule has 0 aromatic heterocycles. The highest BCUT2D eigenvalue weighted by Crippen LogP contribution is 2.16. The molecule has 1 fully saturated rings. The van der Waals surface area contributed by atoms with E-state index in [1.165, 1.54) is 25.7 Å². The number of hydrogen-bond acceptors (Lipinski definition) is 2. The summed E-state index contributed by atoms with van der Waals surface area (Å²) < 4.78 is 0. The summed E-state index contributed by atoms with van der Waals surface area (Å²) in [5, 5.41) is 10.2. The lowest BCUT2D eigenvalue weighted by atomic mass is 10.1. The van der Waals surface area contributed by atoms with Crippen LogP contribution in [0.2, 0.25) is 0 Å². The number of β-amino-alcohol motifs (C(OH)–C–C–N with tert-alkyl or cyclic N) is 1. The van der Waals surface area contributed by atoms with Gasteiger partial charge in [0.1, 0.15) is 0 Å². The van der Waals surface area contributed by atoms with Crippen LogP contribution in [0.5, 0.6) is 0 Å². The number of aliphatic hydroxyl groups excluding tert-OH is 1. The smallest absolute Gasteiger partial charge is 0.0763 e. The van der Waals surface area contributed by atoms with Gasteiger partial charge in [-0.1, -0.05) is 28.8 Å². The summed E-state index contributed by atoms with van der Waals surface area (Å²) >= 11 is 3.30. The van der Waals surface area contributed by atoms with E-state index in [0.29, 0.717) is 11.4 Å². The van der Waals surface area contributed by atoms with Gasteiger partial charge in [-0.15, -0.1) is 0 Å². The van der Waals surface area contributed by atoms with Crippen LogP contribution >= 0.6 is 15.9 Å². The van der Waals surface area contributed by atoms with Crippen LogP contribution in [0.15, 0.2) is 0 Å². The molecule has 0 aliphatic carbocycles. The monoisotopic (exact) mass is 249 g/mol. The van der Waals surface area contributed by atoms with Crippen molar-refractivity contribution in [2.45, 2.75) is 44.8 Å². The second-order valence-corrected chi connectivity index (χ2v) is 4.65. The van der Waals surface area contributed by atoms with E-state index in [1.54, 1.807) is 0 Å². The molecule has 0 saturated carbocycles. The molecular weight excluding hydrogens is 230 g/mol. The van der Waals surface area contributed by atoms with Crippen molar-refractivity contribution < 1.29 is 5.11 Å². The zero-order valence-electron chi connectivity index (χ0n) is 8.38. The van der Waals surface area contributed by atoms with Crippen molar-refractivity contribution >= 4 is 15.9 Å². The van der Waals surface area contributed by atoms with Gasteiger partial charge in [-0.3, -0.25) is 4.90 Å². The lowest BCUT2D eigenvalue weighted by molar-refractivity contribution is 0.108. The highest BCUT2D eigenvalue weighted by molar-refractivity contribution is 9.09. The Hall–Kier alpha value is 0.400. The van der Waals surface area contributed by atoms with Gasteiger partial charge in [0.05, 0.1) is 6.10 Å². The van der Waals surface area contributed by atoms with Crippen molar-refractivity contribution in [3.8, 4) is 0 Å². The van der Waals surface area contributed by atoms with Crippen molar-refractivity contribution in [2.75, 3.05) is 18.4 Å². The molecule has 2 nitrogen and oxygen atoms in total. The minimum absolute atomic E-state index is 0.208. The third kappa shape index (κ3) is 3.96. The molecule has 1 rings (SSSR count). The average Bonchev–Trinajstić information content (AvgIpc) is 2.32. The maximum atomic E-state index is 9.53. The van der Waals surface area contributed by atoms with Crippen LogP contribution in [0, 0.1) is 0 Å². The summed E-state index contributed by atoms with van der Waals surface area (Å²) in [5.74, 6) is 0. The molecule has 3 heteroatoms. The first-order chi connectivity index (χ1) is 6.24. The Balaban J connectivity index is 2.35. The van der Waals surface area contributed by atoms with Crippen LogP contribution in [0.25, 0.3) is 0 Å². The minimum atomic E-state index is -0.208. The van der Waals surface area contributed by atoms with E-state index in [4.69, 9.17) is 0 Å². The quantitative estimate of drug-likeness (QED) is 0.774. The maximum Gasteiger partial charge on any atom is 0.0763 e. The molecule has 1 saturated heterocycles. The largest absolute Gasteiger partial charge is 0.391 e. The van der Waals surface area contributed by atoms with Crippen LogP contribution in [0.1, 0.15) is 32.6 Å². The predicted octanol–water partition coefficient (Wildman–Crippen LogP) is 2.01. The third-order valence-electron chi connectivity index (χ3n) is 2.81. The molecule has 13 heavy (non-hydrogen) atoms. The molecule has 0 bridgehead atoms. The Bertz CT molecular complexity index is 143. The van der Waals surface area contributed by atoms with Crippen LogP contribution < -0.4 is 0 Å². The Morgan fingerprint density at radius 2 is 2.23 bits per heavy atom. The molecule has 0 amide bonds. The first kappa shape index (κ1) is 11.5. The molecule has 1 N–H and O–H groups in total. The summed E-state index contributed by atoms with van der Waals surface area (Å²) in [4.78, 5) is 2.42. The van der Waals surface area contributed by atoms with Crippen LogP contribution in [-0.4, -0.2) is 40.6 Å². The lowest BCUT2D eigenvalue weighted by Crippen LogP contribution is -2.39. The van der Waals surface area contributed by atoms with Gasteiger partial charge < -0.3 is 5.11 Å². The highest BCUT2D eigenvalue weighted by atomic mass is 79.9.